The first-order valence-electron chi connectivity index (χ1n) is 7.80. The minimum atomic E-state index is -4.75. The van der Waals surface area contributed by atoms with Gasteiger partial charge in [-0.1, -0.05) is 50.3 Å². The molecule has 1 aromatic rings. The fourth-order valence-corrected chi connectivity index (χ4v) is 3.98. The van der Waals surface area contributed by atoms with E-state index in [9.17, 15) is 31.9 Å². The molecule has 7 heteroatoms. The Morgan fingerprint density at radius 3 is 2.20 bits per heavy atom. The van der Waals surface area contributed by atoms with Gasteiger partial charge in [0.25, 0.3) is 0 Å². The second-order valence-electron chi connectivity index (χ2n) is 7.32. The number of allylic oxidation sites excluding steroid dienone is 2. The first-order valence-corrected chi connectivity index (χ1v) is 7.80. The van der Waals surface area contributed by atoms with E-state index in [2.05, 4.69) is 0 Å². The summed E-state index contributed by atoms with van der Waals surface area (Å²) < 4.78 is 66.7. The molecule has 1 N–H and O–H groups in total. The van der Waals surface area contributed by atoms with Crippen molar-refractivity contribution in [1.29, 1.82) is 0 Å². The predicted molar refractivity (Wildman–Crippen MR) is 80.4 cm³/mol. The van der Waals surface area contributed by atoms with E-state index in [4.69, 9.17) is 0 Å². The van der Waals surface area contributed by atoms with Crippen molar-refractivity contribution < 1.29 is 31.9 Å². The average Bonchev–Trinajstić information content (AvgIpc) is 3.00. The van der Waals surface area contributed by atoms with Crippen molar-refractivity contribution in [2.24, 2.45) is 16.7 Å². The maximum Gasteiger partial charge on any atom is 0.348 e. The Balaban J connectivity index is 1.97. The van der Waals surface area contributed by atoms with Crippen LogP contribution in [0.1, 0.15) is 19.4 Å². The average molecular weight is 360 g/mol. The molecule has 3 atom stereocenters. The van der Waals surface area contributed by atoms with E-state index in [0.717, 1.165) is 6.08 Å². The third kappa shape index (κ3) is 2.10. The lowest BCUT2D eigenvalue weighted by Crippen LogP contribution is -2.62. The maximum atomic E-state index is 13.5. The summed E-state index contributed by atoms with van der Waals surface area (Å²) in [5.41, 5.74) is -3.04. The lowest BCUT2D eigenvalue weighted by molar-refractivity contribution is -0.268. The predicted octanol–water partition coefficient (Wildman–Crippen LogP) is 4.50. The highest BCUT2D eigenvalue weighted by Crippen LogP contribution is 2.72. The number of carboxylic acid groups (broad SMARTS) is 1. The van der Waals surface area contributed by atoms with Crippen LogP contribution in [0.2, 0.25) is 0 Å². The van der Waals surface area contributed by atoms with Gasteiger partial charge in [-0.2, -0.15) is 17.6 Å². The van der Waals surface area contributed by atoms with Crippen LogP contribution in [0, 0.1) is 16.7 Å². The number of benzene rings is 1. The summed E-state index contributed by atoms with van der Waals surface area (Å²) >= 11 is 0. The van der Waals surface area contributed by atoms with Crippen LogP contribution in [0.3, 0.4) is 0 Å². The summed E-state index contributed by atoms with van der Waals surface area (Å²) in [6.07, 6.45) is -2.31. The number of alkyl halides is 5. The molecule has 2 nitrogen and oxygen atoms in total. The van der Waals surface area contributed by atoms with E-state index in [1.165, 1.54) is 0 Å². The molecule has 2 saturated carbocycles. The summed E-state index contributed by atoms with van der Waals surface area (Å²) in [5, 5.41) is 9.71. The summed E-state index contributed by atoms with van der Waals surface area (Å²) in [6, 6.07) is 8.58. The molecular formula is C18H17F5O2. The summed E-state index contributed by atoms with van der Waals surface area (Å²) in [7, 11) is 0. The van der Waals surface area contributed by atoms with Gasteiger partial charge in [0.15, 0.2) is 6.17 Å². The van der Waals surface area contributed by atoms with Gasteiger partial charge < -0.3 is 5.11 Å². The fourth-order valence-electron chi connectivity index (χ4n) is 3.98. The van der Waals surface area contributed by atoms with Crippen molar-refractivity contribution in [2.75, 3.05) is 0 Å². The van der Waals surface area contributed by atoms with Crippen molar-refractivity contribution in [3.8, 4) is 0 Å². The Bertz CT molecular complexity index is 741. The molecule has 2 aliphatic rings. The molecule has 0 aromatic heterocycles. The lowest BCUT2D eigenvalue weighted by Gasteiger charge is -2.42. The van der Waals surface area contributed by atoms with Crippen LogP contribution in [0.15, 0.2) is 42.0 Å². The zero-order chi connectivity index (χ0) is 18.8. The molecule has 0 bridgehead atoms. The van der Waals surface area contributed by atoms with E-state index < -0.39 is 46.3 Å². The minimum Gasteiger partial charge on any atom is -0.481 e. The highest BCUT2D eigenvalue weighted by molar-refractivity contribution is 5.82. The topological polar surface area (TPSA) is 37.3 Å². The van der Waals surface area contributed by atoms with E-state index in [1.807, 2.05) is 0 Å². The molecule has 3 rings (SSSR count). The van der Waals surface area contributed by atoms with Crippen molar-refractivity contribution in [2.45, 2.75) is 38.3 Å². The van der Waals surface area contributed by atoms with Crippen LogP contribution in [0.25, 0.3) is 0 Å². The Morgan fingerprint density at radius 2 is 1.72 bits per heavy atom. The van der Waals surface area contributed by atoms with Crippen molar-refractivity contribution in [1.82, 2.24) is 0 Å². The fraction of sp³-hybridized carbons (Fsp3) is 0.500. The lowest BCUT2D eigenvalue weighted by atomic mass is 9.79. The third-order valence-corrected chi connectivity index (χ3v) is 5.80. The molecule has 25 heavy (non-hydrogen) atoms. The second-order valence-corrected chi connectivity index (χ2v) is 7.32. The van der Waals surface area contributed by atoms with Crippen LogP contribution < -0.4 is 0 Å². The number of rotatable bonds is 4. The molecule has 1 aromatic carbocycles. The summed E-state index contributed by atoms with van der Waals surface area (Å²) in [5.74, 6) is -11.5. The third-order valence-electron chi connectivity index (χ3n) is 5.80. The van der Waals surface area contributed by atoms with Crippen LogP contribution in [-0.2, 0) is 11.2 Å². The molecule has 0 radical (unpaired) electrons. The molecule has 0 saturated heterocycles. The van der Waals surface area contributed by atoms with Crippen LogP contribution in [-0.4, -0.2) is 29.1 Å². The van der Waals surface area contributed by atoms with E-state index in [-0.39, 0.29) is 6.42 Å². The van der Waals surface area contributed by atoms with Crippen molar-refractivity contribution >= 4 is 5.97 Å². The molecule has 2 aliphatic carbocycles. The first-order chi connectivity index (χ1) is 11.4. The molecule has 0 amide bonds. The Kier molecular flexibility index (Phi) is 3.61. The summed E-state index contributed by atoms with van der Waals surface area (Å²) in [4.78, 5) is 11.9. The number of carbonyl (C=O) groups is 1. The van der Waals surface area contributed by atoms with E-state index in [0.29, 0.717) is 5.56 Å². The maximum absolute atomic E-state index is 13.5. The molecule has 3 unspecified atom stereocenters. The van der Waals surface area contributed by atoms with E-state index >= 15 is 0 Å². The SMILES string of the molecule is CC1(C)C(C=C2C(F)C(F)(F)C2(F)F)C1(Cc1ccccc1)C(=O)O. The van der Waals surface area contributed by atoms with Crippen LogP contribution in [0.4, 0.5) is 22.0 Å². The van der Waals surface area contributed by atoms with Crippen LogP contribution in [0.5, 0.6) is 0 Å². The molecule has 0 heterocycles. The van der Waals surface area contributed by atoms with Gasteiger partial charge in [-0.25, -0.2) is 4.39 Å². The van der Waals surface area contributed by atoms with Gasteiger partial charge in [-0.05, 0) is 17.4 Å². The van der Waals surface area contributed by atoms with Gasteiger partial charge in [0, 0.05) is 11.5 Å². The van der Waals surface area contributed by atoms with Gasteiger partial charge >= 0.3 is 17.8 Å². The standard InChI is InChI=1S/C18H17F5O2/c1-15(2)12(8-11-13(19)18(22,23)17(11,20)21)16(15,14(24)25)9-10-6-4-3-5-7-10/h3-8,12-13H,9H2,1-2H3,(H,24,25). The second kappa shape index (κ2) is 5.05. The minimum absolute atomic E-state index is 0.0452. The van der Waals surface area contributed by atoms with Gasteiger partial charge in [0.2, 0.25) is 0 Å². The van der Waals surface area contributed by atoms with Gasteiger partial charge in [-0.15, -0.1) is 0 Å². The largest absolute Gasteiger partial charge is 0.481 e. The van der Waals surface area contributed by atoms with Crippen molar-refractivity contribution in [3.05, 3.63) is 47.5 Å². The van der Waals surface area contributed by atoms with Crippen molar-refractivity contribution in [3.63, 3.8) is 0 Å². The highest BCUT2D eigenvalue weighted by Gasteiger charge is 2.80. The number of aliphatic carboxylic acids is 1. The first kappa shape index (κ1) is 17.9. The molecular weight excluding hydrogens is 343 g/mol. The van der Waals surface area contributed by atoms with Gasteiger partial charge in [0.05, 0.1) is 5.41 Å². The zero-order valence-electron chi connectivity index (χ0n) is 13.6. The van der Waals surface area contributed by atoms with Gasteiger partial charge in [0.1, 0.15) is 0 Å². The molecule has 0 aliphatic heterocycles. The number of carboxylic acids is 1. The molecule has 136 valence electrons. The quantitative estimate of drug-likeness (QED) is 0.634. The monoisotopic (exact) mass is 360 g/mol. The number of hydrogen-bond donors (Lipinski definition) is 1. The van der Waals surface area contributed by atoms with Crippen LogP contribution >= 0.6 is 0 Å². The van der Waals surface area contributed by atoms with Gasteiger partial charge in [-0.3, -0.25) is 4.79 Å². The zero-order valence-corrected chi connectivity index (χ0v) is 13.6. The normalized spacial score (nSPS) is 35.9. The molecule has 0 spiro atoms. The number of halogens is 5. The highest BCUT2D eigenvalue weighted by atomic mass is 19.3. The molecule has 2 fully saturated rings. The Labute approximate surface area is 141 Å². The van der Waals surface area contributed by atoms with E-state index in [1.54, 1.807) is 44.2 Å². The summed E-state index contributed by atoms with van der Waals surface area (Å²) in [6.45, 7) is 3.13. The Morgan fingerprint density at radius 1 is 1.16 bits per heavy atom. The Hall–Kier alpha value is -1.92. The smallest absolute Gasteiger partial charge is 0.348 e. The number of hydrogen-bond acceptors (Lipinski definition) is 1.